The molecule has 1 heterocycles. The third-order valence-electron chi connectivity index (χ3n) is 2.73. The monoisotopic (exact) mass is 221 g/mol. The van der Waals surface area contributed by atoms with Gasteiger partial charge >= 0.3 is 0 Å². The number of rotatable bonds is 3. The number of benzene rings is 1. The van der Waals surface area contributed by atoms with Crippen molar-refractivity contribution in [2.24, 2.45) is 0 Å². The van der Waals surface area contributed by atoms with E-state index >= 15 is 0 Å². The molecule has 1 aliphatic heterocycles. The van der Waals surface area contributed by atoms with Gasteiger partial charge in [-0.25, -0.2) is 0 Å². The standard InChI is InChI=1S/C13H19NO2/c1-3-16-12-6-4-11(5-7-12)13-9-15-8-10(2)14-13/h4-7,10,13-14H,3,8-9H2,1-2H3. The van der Waals surface area contributed by atoms with Gasteiger partial charge in [0.1, 0.15) is 5.75 Å². The van der Waals surface area contributed by atoms with E-state index in [0.717, 1.165) is 19.0 Å². The first-order valence-electron chi connectivity index (χ1n) is 5.86. The smallest absolute Gasteiger partial charge is 0.119 e. The molecule has 2 rings (SSSR count). The van der Waals surface area contributed by atoms with Crippen molar-refractivity contribution in [1.82, 2.24) is 5.32 Å². The third kappa shape index (κ3) is 2.74. The van der Waals surface area contributed by atoms with Crippen molar-refractivity contribution in [2.75, 3.05) is 19.8 Å². The molecule has 16 heavy (non-hydrogen) atoms. The van der Waals surface area contributed by atoms with Crippen LogP contribution in [-0.4, -0.2) is 25.9 Å². The first kappa shape index (κ1) is 11.4. The molecule has 0 saturated carbocycles. The molecule has 1 aromatic rings. The minimum absolute atomic E-state index is 0.305. The first-order valence-corrected chi connectivity index (χ1v) is 5.86. The maximum atomic E-state index is 5.53. The van der Waals surface area contributed by atoms with Gasteiger partial charge in [0.05, 0.1) is 25.9 Å². The van der Waals surface area contributed by atoms with E-state index in [2.05, 4.69) is 24.4 Å². The van der Waals surface area contributed by atoms with Crippen molar-refractivity contribution in [3.05, 3.63) is 29.8 Å². The normalized spacial score (nSPS) is 25.4. The van der Waals surface area contributed by atoms with E-state index in [1.54, 1.807) is 0 Å². The van der Waals surface area contributed by atoms with Crippen molar-refractivity contribution >= 4 is 0 Å². The molecule has 3 nitrogen and oxygen atoms in total. The fourth-order valence-corrected chi connectivity index (χ4v) is 1.96. The quantitative estimate of drug-likeness (QED) is 0.848. The average molecular weight is 221 g/mol. The van der Waals surface area contributed by atoms with Crippen LogP contribution in [0.3, 0.4) is 0 Å². The molecule has 1 aromatic carbocycles. The van der Waals surface area contributed by atoms with Crippen LogP contribution in [0.4, 0.5) is 0 Å². The molecular formula is C13H19NO2. The van der Waals surface area contributed by atoms with Gasteiger partial charge in [-0.3, -0.25) is 0 Å². The molecule has 1 saturated heterocycles. The first-order chi connectivity index (χ1) is 7.79. The Morgan fingerprint density at radius 1 is 1.31 bits per heavy atom. The van der Waals surface area contributed by atoms with E-state index in [4.69, 9.17) is 9.47 Å². The second-order valence-corrected chi connectivity index (χ2v) is 4.16. The fourth-order valence-electron chi connectivity index (χ4n) is 1.96. The SMILES string of the molecule is CCOc1ccc(C2COCC(C)N2)cc1. The van der Waals surface area contributed by atoms with E-state index < -0.39 is 0 Å². The Bertz CT molecular complexity index is 323. The number of ether oxygens (including phenoxy) is 2. The summed E-state index contributed by atoms with van der Waals surface area (Å²) in [4.78, 5) is 0. The van der Waals surface area contributed by atoms with Gasteiger partial charge in [-0.2, -0.15) is 0 Å². The van der Waals surface area contributed by atoms with E-state index in [-0.39, 0.29) is 0 Å². The number of nitrogens with one attached hydrogen (secondary N) is 1. The predicted octanol–water partition coefficient (Wildman–Crippen LogP) is 2.13. The molecule has 2 atom stereocenters. The summed E-state index contributed by atoms with van der Waals surface area (Å²) < 4.78 is 11.0. The Morgan fingerprint density at radius 2 is 2.06 bits per heavy atom. The van der Waals surface area contributed by atoms with Gasteiger partial charge in [0, 0.05) is 6.04 Å². The molecule has 0 radical (unpaired) electrons. The molecule has 1 N–H and O–H groups in total. The second kappa shape index (κ2) is 5.32. The van der Waals surface area contributed by atoms with Crippen LogP contribution in [0, 0.1) is 0 Å². The van der Waals surface area contributed by atoms with Gasteiger partial charge in [-0.05, 0) is 31.5 Å². The zero-order valence-corrected chi connectivity index (χ0v) is 9.90. The Labute approximate surface area is 96.8 Å². The van der Waals surface area contributed by atoms with Crippen LogP contribution in [0.25, 0.3) is 0 Å². The van der Waals surface area contributed by atoms with Crippen molar-refractivity contribution in [3.63, 3.8) is 0 Å². The summed E-state index contributed by atoms with van der Waals surface area (Å²) in [6.45, 7) is 6.39. The zero-order valence-electron chi connectivity index (χ0n) is 9.90. The maximum absolute atomic E-state index is 5.53. The molecule has 2 unspecified atom stereocenters. The molecule has 1 aliphatic rings. The molecule has 0 aromatic heterocycles. The molecule has 0 bridgehead atoms. The maximum Gasteiger partial charge on any atom is 0.119 e. The lowest BCUT2D eigenvalue weighted by Crippen LogP contribution is -2.41. The van der Waals surface area contributed by atoms with Crippen LogP contribution < -0.4 is 10.1 Å². The second-order valence-electron chi connectivity index (χ2n) is 4.16. The van der Waals surface area contributed by atoms with Crippen LogP contribution in [-0.2, 0) is 4.74 Å². The van der Waals surface area contributed by atoms with Gasteiger partial charge in [0.15, 0.2) is 0 Å². The molecule has 1 fully saturated rings. The van der Waals surface area contributed by atoms with Crippen molar-refractivity contribution in [3.8, 4) is 5.75 Å². The van der Waals surface area contributed by atoms with Crippen LogP contribution in [0.2, 0.25) is 0 Å². The van der Waals surface area contributed by atoms with E-state index in [1.165, 1.54) is 5.56 Å². The Morgan fingerprint density at radius 3 is 2.69 bits per heavy atom. The van der Waals surface area contributed by atoms with Gasteiger partial charge in [0.25, 0.3) is 0 Å². The number of morpholine rings is 1. The highest BCUT2D eigenvalue weighted by molar-refractivity contribution is 5.29. The zero-order chi connectivity index (χ0) is 11.4. The van der Waals surface area contributed by atoms with Crippen LogP contribution in [0.15, 0.2) is 24.3 Å². The topological polar surface area (TPSA) is 30.5 Å². The minimum Gasteiger partial charge on any atom is -0.494 e. The summed E-state index contributed by atoms with van der Waals surface area (Å²) in [6.07, 6.45) is 0. The summed E-state index contributed by atoms with van der Waals surface area (Å²) in [5.74, 6) is 0.927. The summed E-state index contributed by atoms with van der Waals surface area (Å²) in [7, 11) is 0. The Balaban J connectivity index is 2.03. The van der Waals surface area contributed by atoms with E-state index in [0.29, 0.717) is 18.7 Å². The summed E-state index contributed by atoms with van der Waals surface area (Å²) in [5, 5.41) is 3.52. The lowest BCUT2D eigenvalue weighted by molar-refractivity contribution is 0.0504. The van der Waals surface area contributed by atoms with Gasteiger partial charge in [0.2, 0.25) is 0 Å². The predicted molar refractivity (Wildman–Crippen MR) is 63.8 cm³/mol. The molecule has 0 aliphatic carbocycles. The fraction of sp³-hybridized carbons (Fsp3) is 0.538. The lowest BCUT2D eigenvalue weighted by atomic mass is 10.1. The van der Waals surface area contributed by atoms with Gasteiger partial charge in [-0.15, -0.1) is 0 Å². The molecule has 3 heteroatoms. The Kier molecular flexibility index (Phi) is 3.80. The molecule has 0 spiro atoms. The average Bonchev–Trinajstić information content (AvgIpc) is 2.30. The van der Waals surface area contributed by atoms with Crippen LogP contribution >= 0.6 is 0 Å². The molecule has 88 valence electrons. The van der Waals surface area contributed by atoms with E-state index in [9.17, 15) is 0 Å². The third-order valence-corrected chi connectivity index (χ3v) is 2.73. The van der Waals surface area contributed by atoms with Gasteiger partial charge < -0.3 is 14.8 Å². The van der Waals surface area contributed by atoms with Gasteiger partial charge in [-0.1, -0.05) is 12.1 Å². The van der Waals surface area contributed by atoms with Crippen molar-refractivity contribution < 1.29 is 9.47 Å². The highest BCUT2D eigenvalue weighted by Crippen LogP contribution is 2.20. The Hall–Kier alpha value is -1.06. The van der Waals surface area contributed by atoms with Crippen molar-refractivity contribution in [2.45, 2.75) is 25.9 Å². The highest BCUT2D eigenvalue weighted by atomic mass is 16.5. The van der Waals surface area contributed by atoms with Crippen LogP contribution in [0.5, 0.6) is 5.75 Å². The minimum atomic E-state index is 0.305. The van der Waals surface area contributed by atoms with Crippen molar-refractivity contribution in [1.29, 1.82) is 0 Å². The summed E-state index contributed by atoms with van der Waals surface area (Å²) in [5.41, 5.74) is 1.26. The summed E-state index contributed by atoms with van der Waals surface area (Å²) in [6, 6.07) is 8.96. The molecular weight excluding hydrogens is 202 g/mol. The van der Waals surface area contributed by atoms with E-state index in [1.807, 2.05) is 19.1 Å². The molecule has 0 amide bonds. The largest absolute Gasteiger partial charge is 0.494 e. The lowest BCUT2D eigenvalue weighted by Gasteiger charge is -2.29. The highest BCUT2D eigenvalue weighted by Gasteiger charge is 2.19. The number of hydrogen-bond acceptors (Lipinski definition) is 3. The number of hydrogen-bond donors (Lipinski definition) is 1. The summed E-state index contributed by atoms with van der Waals surface area (Å²) >= 11 is 0. The van der Waals surface area contributed by atoms with Crippen LogP contribution in [0.1, 0.15) is 25.5 Å².